The second kappa shape index (κ2) is 9.35. The molecule has 0 aliphatic heterocycles. The Bertz CT molecular complexity index is 965. The molecular weight excluding hydrogens is 382 g/mol. The standard InChI is InChI=1S/C23H25N3O4/c1-14-3-5-17(6-4-14)19-13-20(19)23(30)26-25-15(2)16-7-9-18(10-8-16)24-21(27)11-12-22(28)29/h3-10,19-20H,11-13H2,1-2H3,(H,24,27)(H,26,30)(H,28,29)/b25-15+/t19-,20+/m0/s1. The number of benzene rings is 2. The zero-order valence-electron chi connectivity index (χ0n) is 17.0. The molecule has 7 heteroatoms. The maximum Gasteiger partial charge on any atom is 0.303 e. The molecule has 1 saturated carbocycles. The molecule has 156 valence electrons. The van der Waals surface area contributed by atoms with Gasteiger partial charge in [0.1, 0.15) is 0 Å². The Labute approximate surface area is 175 Å². The van der Waals surface area contributed by atoms with Gasteiger partial charge in [0.05, 0.1) is 12.1 Å². The summed E-state index contributed by atoms with van der Waals surface area (Å²) in [5.74, 6) is -1.24. The second-order valence-electron chi connectivity index (χ2n) is 7.55. The van der Waals surface area contributed by atoms with Gasteiger partial charge in [-0.1, -0.05) is 42.0 Å². The lowest BCUT2D eigenvalue weighted by Gasteiger charge is -2.07. The molecule has 2 aromatic carbocycles. The second-order valence-corrected chi connectivity index (χ2v) is 7.55. The first-order valence-electron chi connectivity index (χ1n) is 9.86. The fourth-order valence-corrected chi connectivity index (χ4v) is 3.19. The van der Waals surface area contributed by atoms with Gasteiger partial charge in [-0.3, -0.25) is 14.4 Å². The molecule has 0 bridgehead atoms. The van der Waals surface area contributed by atoms with Crippen LogP contribution in [0.2, 0.25) is 0 Å². The molecule has 0 unspecified atom stereocenters. The van der Waals surface area contributed by atoms with Gasteiger partial charge in [0, 0.05) is 18.0 Å². The molecule has 0 heterocycles. The van der Waals surface area contributed by atoms with Crippen molar-refractivity contribution in [1.29, 1.82) is 0 Å². The van der Waals surface area contributed by atoms with E-state index in [-0.39, 0.29) is 36.5 Å². The number of aryl methyl sites for hydroxylation is 1. The monoisotopic (exact) mass is 407 g/mol. The SMILES string of the molecule is C/C(=N\NC(=O)[C@@H]1C[C@H]1c1ccc(C)cc1)c1ccc(NC(=O)CCC(=O)O)cc1. The van der Waals surface area contributed by atoms with Gasteiger partial charge in [-0.05, 0) is 49.4 Å². The van der Waals surface area contributed by atoms with E-state index >= 15 is 0 Å². The first kappa shape index (κ1) is 21.2. The minimum Gasteiger partial charge on any atom is -0.481 e. The Morgan fingerprint density at radius 3 is 2.33 bits per heavy atom. The molecule has 3 N–H and O–H groups in total. The molecule has 0 spiro atoms. The van der Waals surface area contributed by atoms with Gasteiger partial charge in [0.2, 0.25) is 11.8 Å². The molecule has 2 atom stereocenters. The van der Waals surface area contributed by atoms with Crippen molar-refractivity contribution in [2.24, 2.45) is 11.0 Å². The van der Waals surface area contributed by atoms with Gasteiger partial charge in [-0.15, -0.1) is 0 Å². The van der Waals surface area contributed by atoms with E-state index in [9.17, 15) is 14.4 Å². The number of aliphatic carboxylic acids is 1. The number of rotatable bonds is 8. The Morgan fingerprint density at radius 2 is 1.70 bits per heavy atom. The number of carboxylic acid groups (broad SMARTS) is 1. The molecule has 0 aromatic heterocycles. The van der Waals surface area contributed by atoms with E-state index in [2.05, 4.69) is 40.1 Å². The minimum absolute atomic E-state index is 0.0485. The first-order chi connectivity index (χ1) is 14.3. The molecule has 0 saturated heterocycles. The number of hydrazone groups is 1. The normalized spacial score (nSPS) is 17.9. The van der Waals surface area contributed by atoms with Crippen molar-refractivity contribution in [1.82, 2.24) is 5.43 Å². The molecular formula is C23H25N3O4. The summed E-state index contributed by atoms with van der Waals surface area (Å²) >= 11 is 0. The number of nitrogens with one attached hydrogen (secondary N) is 2. The van der Waals surface area contributed by atoms with Crippen molar-refractivity contribution in [2.45, 2.75) is 39.0 Å². The number of hydrogen-bond acceptors (Lipinski definition) is 4. The third-order valence-corrected chi connectivity index (χ3v) is 5.12. The zero-order chi connectivity index (χ0) is 21.7. The van der Waals surface area contributed by atoms with Crippen molar-refractivity contribution in [3.05, 3.63) is 65.2 Å². The highest BCUT2D eigenvalue weighted by Gasteiger charge is 2.43. The molecule has 1 aliphatic carbocycles. The van der Waals surface area contributed by atoms with Crippen LogP contribution >= 0.6 is 0 Å². The number of carbonyl (C=O) groups is 3. The smallest absolute Gasteiger partial charge is 0.303 e. The summed E-state index contributed by atoms with van der Waals surface area (Å²) in [6, 6.07) is 15.3. The van der Waals surface area contributed by atoms with Crippen LogP contribution in [0.4, 0.5) is 5.69 Å². The first-order valence-corrected chi connectivity index (χ1v) is 9.86. The lowest BCUT2D eigenvalue weighted by atomic mass is 10.1. The van der Waals surface area contributed by atoms with E-state index in [1.54, 1.807) is 31.2 Å². The fourth-order valence-electron chi connectivity index (χ4n) is 3.19. The van der Waals surface area contributed by atoms with Crippen molar-refractivity contribution in [2.75, 3.05) is 5.32 Å². The quantitative estimate of drug-likeness (QED) is 0.460. The average Bonchev–Trinajstić information content (AvgIpc) is 3.52. The van der Waals surface area contributed by atoms with Gasteiger partial charge in [-0.2, -0.15) is 5.10 Å². The molecule has 7 nitrogen and oxygen atoms in total. The van der Waals surface area contributed by atoms with Crippen molar-refractivity contribution >= 4 is 29.2 Å². The summed E-state index contributed by atoms with van der Waals surface area (Å²) in [6.45, 7) is 3.84. The zero-order valence-corrected chi connectivity index (χ0v) is 17.0. The number of amides is 2. The summed E-state index contributed by atoms with van der Waals surface area (Å²) in [6.07, 6.45) is 0.551. The lowest BCUT2D eigenvalue weighted by Crippen LogP contribution is -2.21. The maximum atomic E-state index is 12.4. The van der Waals surface area contributed by atoms with E-state index in [0.717, 1.165) is 12.0 Å². The fraction of sp³-hybridized carbons (Fsp3) is 0.304. The van der Waals surface area contributed by atoms with E-state index in [1.807, 2.05) is 6.92 Å². The number of hydrogen-bond donors (Lipinski definition) is 3. The molecule has 2 amide bonds. The van der Waals surface area contributed by atoms with Gasteiger partial charge < -0.3 is 10.4 Å². The molecule has 30 heavy (non-hydrogen) atoms. The van der Waals surface area contributed by atoms with Gasteiger partial charge in [0.15, 0.2) is 0 Å². The van der Waals surface area contributed by atoms with Crippen LogP contribution in [0.3, 0.4) is 0 Å². The molecule has 1 fully saturated rings. The predicted molar refractivity (Wildman–Crippen MR) is 114 cm³/mol. The Hall–Kier alpha value is -3.48. The van der Waals surface area contributed by atoms with Crippen LogP contribution in [0.25, 0.3) is 0 Å². The maximum absolute atomic E-state index is 12.4. The number of carboxylic acids is 1. The highest BCUT2D eigenvalue weighted by molar-refractivity contribution is 6.00. The van der Waals surface area contributed by atoms with E-state index in [4.69, 9.17) is 5.11 Å². The molecule has 2 aromatic rings. The highest BCUT2D eigenvalue weighted by atomic mass is 16.4. The van der Waals surface area contributed by atoms with Gasteiger partial charge >= 0.3 is 5.97 Å². The van der Waals surface area contributed by atoms with Gasteiger partial charge in [-0.25, -0.2) is 5.43 Å². The number of carbonyl (C=O) groups excluding carboxylic acids is 2. The Balaban J connectivity index is 1.50. The summed E-state index contributed by atoms with van der Waals surface area (Å²) in [5.41, 5.74) is 7.07. The van der Waals surface area contributed by atoms with E-state index in [1.165, 1.54) is 11.1 Å². The van der Waals surface area contributed by atoms with Crippen LogP contribution < -0.4 is 10.7 Å². The summed E-state index contributed by atoms with van der Waals surface area (Å²) in [4.78, 5) is 34.6. The lowest BCUT2D eigenvalue weighted by molar-refractivity contribution is -0.138. The van der Waals surface area contributed by atoms with Crippen LogP contribution in [0, 0.1) is 12.8 Å². The summed E-state index contributed by atoms with van der Waals surface area (Å²) in [5, 5.41) is 15.5. The van der Waals surface area contributed by atoms with Crippen molar-refractivity contribution in [3.8, 4) is 0 Å². The van der Waals surface area contributed by atoms with Crippen LogP contribution in [0.1, 0.15) is 48.8 Å². The van der Waals surface area contributed by atoms with Crippen LogP contribution in [-0.4, -0.2) is 28.6 Å². The average molecular weight is 407 g/mol. The van der Waals surface area contributed by atoms with Crippen LogP contribution in [0.15, 0.2) is 53.6 Å². The topological polar surface area (TPSA) is 108 Å². The minimum atomic E-state index is -1.01. The summed E-state index contributed by atoms with van der Waals surface area (Å²) < 4.78 is 0. The van der Waals surface area contributed by atoms with E-state index in [0.29, 0.717) is 11.4 Å². The summed E-state index contributed by atoms with van der Waals surface area (Å²) in [7, 11) is 0. The van der Waals surface area contributed by atoms with Crippen LogP contribution in [0.5, 0.6) is 0 Å². The number of nitrogens with zero attached hydrogens (tertiary/aromatic N) is 1. The molecule has 3 rings (SSSR count). The third kappa shape index (κ3) is 5.76. The van der Waals surface area contributed by atoms with E-state index < -0.39 is 5.97 Å². The van der Waals surface area contributed by atoms with Crippen molar-refractivity contribution in [3.63, 3.8) is 0 Å². The molecule has 0 radical (unpaired) electrons. The van der Waals surface area contributed by atoms with Crippen molar-refractivity contribution < 1.29 is 19.5 Å². The van der Waals surface area contributed by atoms with Gasteiger partial charge in [0.25, 0.3) is 0 Å². The molecule has 1 aliphatic rings. The van der Waals surface area contributed by atoms with Crippen LogP contribution in [-0.2, 0) is 14.4 Å². The largest absolute Gasteiger partial charge is 0.481 e. The highest BCUT2D eigenvalue weighted by Crippen LogP contribution is 2.47. The number of anilines is 1. The Kier molecular flexibility index (Phi) is 6.61. The Morgan fingerprint density at radius 1 is 1.03 bits per heavy atom. The third-order valence-electron chi connectivity index (χ3n) is 5.12. The predicted octanol–water partition coefficient (Wildman–Crippen LogP) is 3.44.